The standard InChI is InChI=1S/C13H19N3O4/c1-8-14-6-5-9(15-8)10(7-11(17)18)16-12(19)20-13(2,3)4/h5-6,10H,7H2,1-4H3,(H,16,19)(H,17,18)/t10-/m0/s1. The zero-order chi connectivity index (χ0) is 15.3. The maximum Gasteiger partial charge on any atom is 0.408 e. The number of nitrogens with zero attached hydrogens (tertiary/aromatic N) is 2. The van der Waals surface area contributed by atoms with Gasteiger partial charge in [0.05, 0.1) is 18.2 Å². The minimum Gasteiger partial charge on any atom is -0.481 e. The van der Waals surface area contributed by atoms with E-state index in [0.29, 0.717) is 11.5 Å². The number of carbonyl (C=O) groups excluding carboxylic acids is 1. The van der Waals surface area contributed by atoms with E-state index in [4.69, 9.17) is 9.84 Å². The van der Waals surface area contributed by atoms with E-state index in [1.165, 1.54) is 6.20 Å². The molecule has 7 nitrogen and oxygen atoms in total. The van der Waals surface area contributed by atoms with E-state index >= 15 is 0 Å². The van der Waals surface area contributed by atoms with Gasteiger partial charge in [0.1, 0.15) is 11.4 Å². The fraction of sp³-hybridized carbons (Fsp3) is 0.538. The maximum absolute atomic E-state index is 11.7. The third-order valence-corrected chi connectivity index (χ3v) is 2.22. The Kier molecular flexibility index (Phi) is 5.01. The summed E-state index contributed by atoms with van der Waals surface area (Å²) in [5, 5.41) is 11.4. The molecule has 20 heavy (non-hydrogen) atoms. The smallest absolute Gasteiger partial charge is 0.408 e. The quantitative estimate of drug-likeness (QED) is 0.873. The summed E-state index contributed by atoms with van der Waals surface area (Å²) in [7, 11) is 0. The van der Waals surface area contributed by atoms with Gasteiger partial charge in [-0.3, -0.25) is 4.79 Å². The summed E-state index contributed by atoms with van der Waals surface area (Å²) in [4.78, 5) is 30.7. The molecule has 1 heterocycles. The van der Waals surface area contributed by atoms with Gasteiger partial charge in [0.2, 0.25) is 0 Å². The Balaban J connectivity index is 2.85. The number of ether oxygens (including phenoxy) is 1. The highest BCUT2D eigenvalue weighted by Crippen LogP contribution is 2.16. The zero-order valence-corrected chi connectivity index (χ0v) is 12.0. The van der Waals surface area contributed by atoms with E-state index in [9.17, 15) is 9.59 Å². The molecule has 7 heteroatoms. The Bertz CT molecular complexity index is 497. The van der Waals surface area contributed by atoms with Crippen LogP contribution in [0.3, 0.4) is 0 Å². The summed E-state index contributed by atoms with van der Waals surface area (Å²) < 4.78 is 5.12. The predicted octanol–water partition coefficient (Wildman–Crippen LogP) is 1.83. The van der Waals surface area contributed by atoms with Crippen LogP contribution in [0, 0.1) is 6.92 Å². The van der Waals surface area contributed by atoms with Crippen molar-refractivity contribution in [1.29, 1.82) is 0 Å². The van der Waals surface area contributed by atoms with E-state index in [1.54, 1.807) is 33.8 Å². The van der Waals surface area contributed by atoms with Crippen molar-refractivity contribution in [2.75, 3.05) is 0 Å². The maximum atomic E-state index is 11.7. The molecule has 2 N–H and O–H groups in total. The van der Waals surface area contributed by atoms with Crippen molar-refractivity contribution in [3.05, 3.63) is 23.8 Å². The molecule has 1 aromatic rings. The molecule has 0 bridgehead atoms. The van der Waals surface area contributed by atoms with Gasteiger partial charge in [-0.25, -0.2) is 14.8 Å². The molecular weight excluding hydrogens is 262 g/mol. The monoisotopic (exact) mass is 281 g/mol. The van der Waals surface area contributed by atoms with Crippen LogP contribution in [0.25, 0.3) is 0 Å². The van der Waals surface area contributed by atoms with Gasteiger partial charge in [0.25, 0.3) is 0 Å². The van der Waals surface area contributed by atoms with E-state index < -0.39 is 23.7 Å². The van der Waals surface area contributed by atoms with Gasteiger partial charge in [-0.1, -0.05) is 0 Å². The van der Waals surface area contributed by atoms with Crippen molar-refractivity contribution in [2.24, 2.45) is 0 Å². The average molecular weight is 281 g/mol. The van der Waals surface area contributed by atoms with Gasteiger partial charge in [-0.15, -0.1) is 0 Å². The predicted molar refractivity (Wildman–Crippen MR) is 71.1 cm³/mol. The molecular formula is C13H19N3O4. The van der Waals surface area contributed by atoms with Crippen molar-refractivity contribution in [1.82, 2.24) is 15.3 Å². The Morgan fingerprint density at radius 1 is 1.45 bits per heavy atom. The second-order valence-electron chi connectivity index (χ2n) is 5.33. The molecule has 1 rings (SSSR count). The molecule has 0 aliphatic carbocycles. The van der Waals surface area contributed by atoms with Crippen LogP contribution in [-0.2, 0) is 9.53 Å². The molecule has 0 saturated heterocycles. The Labute approximate surface area is 117 Å². The van der Waals surface area contributed by atoms with Crippen molar-refractivity contribution in [3.8, 4) is 0 Å². The van der Waals surface area contributed by atoms with Crippen LogP contribution < -0.4 is 5.32 Å². The van der Waals surface area contributed by atoms with Crippen molar-refractivity contribution in [3.63, 3.8) is 0 Å². The SMILES string of the molecule is Cc1nccc([C@H](CC(=O)O)NC(=O)OC(C)(C)C)n1. The van der Waals surface area contributed by atoms with E-state index in [0.717, 1.165) is 0 Å². The highest BCUT2D eigenvalue weighted by atomic mass is 16.6. The van der Waals surface area contributed by atoms with Gasteiger partial charge in [0.15, 0.2) is 0 Å². The lowest BCUT2D eigenvalue weighted by Crippen LogP contribution is -2.36. The van der Waals surface area contributed by atoms with E-state index in [2.05, 4.69) is 15.3 Å². The molecule has 1 aromatic heterocycles. The van der Waals surface area contributed by atoms with Crippen LogP contribution >= 0.6 is 0 Å². The fourth-order valence-electron chi connectivity index (χ4n) is 1.52. The van der Waals surface area contributed by atoms with Crippen LogP contribution in [-0.4, -0.2) is 32.7 Å². The van der Waals surface area contributed by atoms with E-state index in [-0.39, 0.29) is 6.42 Å². The van der Waals surface area contributed by atoms with Crippen molar-refractivity contribution >= 4 is 12.1 Å². The number of carbonyl (C=O) groups is 2. The molecule has 1 atom stereocenters. The first-order valence-electron chi connectivity index (χ1n) is 6.18. The average Bonchev–Trinajstić information content (AvgIpc) is 2.24. The molecule has 1 amide bonds. The molecule has 110 valence electrons. The first-order valence-corrected chi connectivity index (χ1v) is 6.18. The van der Waals surface area contributed by atoms with Crippen molar-refractivity contribution < 1.29 is 19.4 Å². The van der Waals surface area contributed by atoms with Gasteiger partial charge in [-0.2, -0.15) is 0 Å². The third kappa shape index (κ3) is 5.64. The number of rotatable bonds is 4. The normalized spacial score (nSPS) is 12.6. The largest absolute Gasteiger partial charge is 0.481 e. The molecule has 0 spiro atoms. The van der Waals surface area contributed by atoms with Crippen molar-refractivity contribution in [2.45, 2.75) is 45.8 Å². The first-order chi connectivity index (χ1) is 9.17. The zero-order valence-electron chi connectivity index (χ0n) is 12.0. The molecule has 0 fully saturated rings. The van der Waals surface area contributed by atoms with Gasteiger partial charge in [-0.05, 0) is 33.8 Å². The van der Waals surface area contributed by atoms with Gasteiger partial charge < -0.3 is 15.2 Å². The number of aliphatic carboxylic acids is 1. The highest BCUT2D eigenvalue weighted by Gasteiger charge is 2.23. The minimum absolute atomic E-state index is 0.282. The summed E-state index contributed by atoms with van der Waals surface area (Å²) in [6.45, 7) is 6.88. The summed E-state index contributed by atoms with van der Waals surface area (Å²) in [6, 6.07) is 0.807. The second-order valence-corrected chi connectivity index (χ2v) is 5.33. The number of carboxylic acids is 1. The minimum atomic E-state index is -1.04. The summed E-state index contributed by atoms with van der Waals surface area (Å²) >= 11 is 0. The number of carboxylic acid groups (broad SMARTS) is 1. The number of alkyl carbamates (subject to hydrolysis) is 1. The molecule has 0 radical (unpaired) electrons. The molecule has 0 aliphatic rings. The summed E-state index contributed by atoms with van der Waals surface area (Å²) in [5.74, 6) is -0.536. The second kappa shape index (κ2) is 6.31. The number of nitrogens with one attached hydrogen (secondary N) is 1. The van der Waals surface area contributed by atoms with Crippen LogP contribution in [0.2, 0.25) is 0 Å². The topological polar surface area (TPSA) is 101 Å². The first kappa shape index (κ1) is 15.9. The molecule has 0 aliphatic heterocycles. The number of aryl methyl sites for hydroxylation is 1. The molecule has 0 saturated carbocycles. The van der Waals surface area contributed by atoms with Crippen LogP contribution in [0.4, 0.5) is 4.79 Å². The number of hydrogen-bond donors (Lipinski definition) is 2. The van der Waals surface area contributed by atoms with E-state index in [1.807, 2.05) is 0 Å². The number of aromatic nitrogens is 2. The number of amides is 1. The lowest BCUT2D eigenvalue weighted by atomic mass is 10.1. The summed E-state index contributed by atoms with van der Waals surface area (Å²) in [6.07, 6.45) is 0.555. The Morgan fingerprint density at radius 2 is 2.10 bits per heavy atom. The third-order valence-electron chi connectivity index (χ3n) is 2.22. The lowest BCUT2D eigenvalue weighted by Gasteiger charge is -2.22. The van der Waals surface area contributed by atoms with Crippen LogP contribution in [0.1, 0.15) is 44.8 Å². The Morgan fingerprint density at radius 3 is 2.60 bits per heavy atom. The van der Waals surface area contributed by atoms with Gasteiger partial charge >= 0.3 is 12.1 Å². The molecule has 0 unspecified atom stereocenters. The van der Waals surface area contributed by atoms with Crippen LogP contribution in [0.5, 0.6) is 0 Å². The number of hydrogen-bond acceptors (Lipinski definition) is 5. The fourth-order valence-corrected chi connectivity index (χ4v) is 1.52. The lowest BCUT2D eigenvalue weighted by molar-refractivity contribution is -0.137. The van der Waals surface area contributed by atoms with Crippen LogP contribution in [0.15, 0.2) is 12.3 Å². The molecule has 0 aromatic carbocycles. The highest BCUT2D eigenvalue weighted by molar-refractivity contribution is 5.72. The van der Waals surface area contributed by atoms with Gasteiger partial charge in [0, 0.05) is 6.20 Å². The Hall–Kier alpha value is -2.18. The summed E-state index contributed by atoms with van der Waals surface area (Å²) in [5.41, 5.74) is -0.217.